The van der Waals surface area contributed by atoms with Crippen LogP contribution < -0.4 is 0 Å². The Morgan fingerprint density at radius 2 is 0.920 bits per heavy atom. The number of phosphoric acid groups is 1. The van der Waals surface area contributed by atoms with Gasteiger partial charge in [0.2, 0.25) is 0 Å². The van der Waals surface area contributed by atoms with Crippen molar-refractivity contribution >= 4 is 13.8 Å². The van der Waals surface area contributed by atoms with Crippen LogP contribution in [0.3, 0.4) is 0 Å². The number of nitrogens with zero attached hydrogens (tertiary/aromatic N) is 1. The molecular formula is C41H85NO7P+. The maximum Gasteiger partial charge on any atom is 0.472 e. The van der Waals surface area contributed by atoms with Crippen LogP contribution in [-0.2, 0) is 27.9 Å². The summed E-state index contributed by atoms with van der Waals surface area (Å²) < 4.78 is 35.0. The molecule has 0 aromatic carbocycles. The maximum atomic E-state index is 12.7. The molecular weight excluding hydrogens is 649 g/mol. The summed E-state index contributed by atoms with van der Waals surface area (Å²) in [7, 11) is 1.68. The topological polar surface area (TPSA) is 91.3 Å². The SMILES string of the molecule is CCCCCCCCCCCCCCCCCC(=O)OC(COCCCCCCCCCCCCCCC)COP(=O)(O)OCC[N+](C)(C)C. The number of esters is 1. The lowest BCUT2D eigenvalue weighted by Crippen LogP contribution is -2.37. The first-order valence-electron chi connectivity index (χ1n) is 21.3. The summed E-state index contributed by atoms with van der Waals surface area (Å²) in [5.74, 6) is -0.309. The van der Waals surface area contributed by atoms with E-state index in [-0.39, 0.29) is 25.8 Å². The summed E-state index contributed by atoms with van der Waals surface area (Å²) in [4.78, 5) is 22.8. The van der Waals surface area contributed by atoms with Gasteiger partial charge >= 0.3 is 13.8 Å². The molecule has 0 bridgehead atoms. The van der Waals surface area contributed by atoms with Crippen LogP contribution in [0.2, 0.25) is 0 Å². The Morgan fingerprint density at radius 1 is 0.540 bits per heavy atom. The van der Waals surface area contributed by atoms with Gasteiger partial charge in [0.1, 0.15) is 19.3 Å². The quantitative estimate of drug-likeness (QED) is 0.0290. The highest BCUT2D eigenvalue weighted by atomic mass is 31.2. The fourth-order valence-electron chi connectivity index (χ4n) is 6.08. The first kappa shape index (κ1) is 49.5. The monoisotopic (exact) mass is 735 g/mol. The number of phosphoric ester groups is 1. The summed E-state index contributed by atoms with van der Waals surface area (Å²) >= 11 is 0. The van der Waals surface area contributed by atoms with Gasteiger partial charge in [-0.25, -0.2) is 4.57 Å². The van der Waals surface area contributed by atoms with E-state index < -0.39 is 13.9 Å². The highest BCUT2D eigenvalue weighted by Crippen LogP contribution is 2.43. The van der Waals surface area contributed by atoms with Crippen molar-refractivity contribution < 1.29 is 37.3 Å². The van der Waals surface area contributed by atoms with Crippen LogP contribution >= 0.6 is 7.82 Å². The van der Waals surface area contributed by atoms with E-state index in [1.165, 1.54) is 148 Å². The van der Waals surface area contributed by atoms with Gasteiger partial charge in [0.15, 0.2) is 0 Å². The minimum Gasteiger partial charge on any atom is -0.457 e. The summed E-state index contributed by atoms with van der Waals surface area (Å²) in [5.41, 5.74) is 0. The average Bonchev–Trinajstić information content (AvgIpc) is 3.06. The number of ether oxygens (including phenoxy) is 2. The highest BCUT2D eigenvalue weighted by Gasteiger charge is 2.26. The van der Waals surface area contributed by atoms with Crippen LogP contribution in [-0.4, -0.2) is 75.6 Å². The van der Waals surface area contributed by atoms with Crippen LogP contribution in [0.4, 0.5) is 0 Å². The molecule has 0 spiro atoms. The molecule has 0 saturated heterocycles. The van der Waals surface area contributed by atoms with Crippen LogP contribution in [0.1, 0.15) is 200 Å². The molecule has 0 aromatic heterocycles. The number of hydrogen-bond acceptors (Lipinski definition) is 6. The van der Waals surface area contributed by atoms with E-state index in [1.807, 2.05) is 21.1 Å². The Hall–Kier alpha value is -0.500. The fraction of sp³-hybridized carbons (Fsp3) is 0.976. The van der Waals surface area contributed by atoms with Crippen molar-refractivity contribution in [1.29, 1.82) is 0 Å². The number of quaternary nitrogens is 1. The van der Waals surface area contributed by atoms with Crippen LogP contribution in [0.5, 0.6) is 0 Å². The number of likely N-dealkylation sites (N-methyl/N-ethyl adjacent to an activating group) is 1. The van der Waals surface area contributed by atoms with Crippen molar-refractivity contribution in [1.82, 2.24) is 0 Å². The minimum atomic E-state index is -4.26. The molecule has 0 aliphatic heterocycles. The second-order valence-corrected chi connectivity index (χ2v) is 17.2. The Kier molecular flexibility index (Phi) is 35.2. The summed E-state index contributed by atoms with van der Waals surface area (Å²) in [5, 5.41) is 0. The molecule has 1 N–H and O–H groups in total. The number of unbranched alkanes of at least 4 members (excludes halogenated alkanes) is 26. The zero-order valence-electron chi connectivity index (χ0n) is 33.9. The molecule has 2 atom stereocenters. The van der Waals surface area contributed by atoms with E-state index in [4.69, 9.17) is 18.5 Å². The minimum absolute atomic E-state index is 0.0937. The molecule has 50 heavy (non-hydrogen) atoms. The molecule has 0 aliphatic rings. The third-order valence-corrected chi connectivity index (χ3v) is 10.4. The summed E-state index contributed by atoms with van der Waals surface area (Å²) in [6.07, 6.45) is 35.5. The summed E-state index contributed by atoms with van der Waals surface area (Å²) in [6, 6.07) is 0. The van der Waals surface area contributed by atoms with Crippen molar-refractivity contribution in [3.63, 3.8) is 0 Å². The van der Waals surface area contributed by atoms with Gasteiger partial charge in [0.05, 0.1) is 34.4 Å². The van der Waals surface area contributed by atoms with E-state index >= 15 is 0 Å². The van der Waals surface area contributed by atoms with Crippen molar-refractivity contribution in [3.8, 4) is 0 Å². The summed E-state index contributed by atoms with van der Waals surface area (Å²) in [6.45, 7) is 5.67. The lowest BCUT2D eigenvalue weighted by atomic mass is 10.0. The lowest BCUT2D eigenvalue weighted by Gasteiger charge is -2.24. The number of carbonyl (C=O) groups excluding carboxylic acids is 1. The largest absolute Gasteiger partial charge is 0.472 e. The van der Waals surface area contributed by atoms with Gasteiger partial charge in [-0.3, -0.25) is 13.8 Å². The zero-order chi connectivity index (χ0) is 37.0. The average molecular weight is 735 g/mol. The van der Waals surface area contributed by atoms with Gasteiger partial charge in [-0.15, -0.1) is 0 Å². The van der Waals surface area contributed by atoms with Gasteiger partial charge in [-0.1, -0.05) is 181 Å². The van der Waals surface area contributed by atoms with Gasteiger partial charge in [-0.05, 0) is 12.8 Å². The first-order valence-corrected chi connectivity index (χ1v) is 22.8. The van der Waals surface area contributed by atoms with Crippen molar-refractivity contribution in [2.24, 2.45) is 0 Å². The standard InChI is InChI=1S/C41H84NO7P/c1-6-8-10-12-14-16-18-20-21-22-24-26-28-30-32-34-41(43)49-40(39-48-50(44,45)47-37-35-42(3,4)5)38-46-36-33-31-29-27-25-23-19-17-15-13-11-9-7-2/h40H,6-39H2,1-5H3/p+1. The molecule has 0 aliphatic carbocycles. The van der Waals surface area contributed by atoms with E-state index in [2.05, 4.69) is 13.8 Å². The number of carbonyl (C=O) groups is 1. The second-order valence-electron chi connectivity index (χ2n) is 15.7. The molecule has 2 unspecified atom stereocenters. The van der Waals surface area contributed by atoms with E-state index in [0.29, 0.717) is 24.1 Å². The predicted octanol–water partition coefficient (Wildman–Crippen LogP) is 12.1. The Morgan fingerprint density at radius 3 is 1.32 bits per heavy atom. The van der Waals surface area contributed by atoms with Gasteiger partial charge in [0, 0.05) is 13.0 Å². The lowest BCUT2D eigenvalue weighted by molar-refractivity contribution is -0.870. The van der Waals surface area contributed by atoms with Crippen molar-refractivity contribution in [3.05, 3.63) is 0 Å². The Balaban J connectivity index is 4.21. The molecule has 9 heteroatoms. The molecule has 0 amide bonds. The Bertz CT molecular complexity index is 777. The molecule has 0 rings (SSSR count). The molecule has 0 aromatic rings. The van der Waals surface area contributed by atoms with Crippen molar-refractivity contribution in [2.75, 3.05) is 54.1 Å². The van der Waals surface area contributed by atoms with Gasteiger partial charge in [-0.2, -0.15) is 0 Å². The molecule has 0 fully saturated rings. The predicted molar refractivity (Wildman–Crippen MR) is 211 cm³/mol. The third-order valence-electron chi connectivity index (χ3n) is 9.42. The smallest absolute Gasteiger partial charge is 0.457 e. The van der Waals surface area contributed by atoms with Crippen LogP contribution in [0.15, 0.2) is 0 Å². The van der Waals surface area contributed by atoms with E-state index in [1.54, 1.807) is 0 Å². The van der Waals surface area contributed by atoms with Crippen LogP contribution in [0.25, 0.3) is 0 Å². The van der Waals surface area contributed by atoms with Gasteiger partial charge in [0.25, 0.3) is 0 Å². The van der Waals surface area contributed by atoms with E-state index in [0.717, 1.165) is 32.1 Å². The first-order chi connectivity index (χ1) is 24.1. The molecule has 0 heterocycles. The molecule has 0 saturated carbocycles. The molecule has 8 nitrogen and oxygen atoms in total. The second kappa shape index (κ2) is 35.5. The normalized spacial score (nSPS) is 13.8. The number of rotatable bonds is 40. The molecule has 300 valence electrons. The zero-order valence-corrected chi connectivity index (χ0v) is 34.8. The van der Waals surface area contributed by atoms with Crippen LogP contribution in [0, 0.1) is 0 Å². The van der Waals surface area contributed by atoms with Crippen molar-refractivity contribution in [2.45, 2.75) is 206 Å². The number of hydrogen-bond donors (Lipinski definition) is 1. The third kappa shape index (κ3) is 38.7. The highest BCUT2D eigenvalue weighted by molar-refractivity contribution is 7.47. The Labute approximate surface area is 310 Å². The fourth-order valence-corrected chi connectivity index (χ4v) is 6.82. The van der Waals surface area contributed by atoms with Gasteiger partial charge < -0.3 is 18.9 Å². The molecule has 0 radical (unpaired) electrons. The maximum absolute atomic E-state index is 12.7. The van der Waals surface area contributed by atoms with E-state index in [9.17, 15) is 14.3 Å².